The van der Waals surface area contributed by atoms with Gasteiger partial charge in [0.1, 0.15) is 11.4 Å². The first-order chi connectivity index (χ1) is 24.1. The number of aromatic nitrogens is 3. The van der Waals surface area contributed by atoms with Gasteiger partial charge in [0, 0.05) is 41.8 Å². The number of aliphatic imine (C=N–C) groups is 1. The Balaban J connectivity index is 0.000000289. The number of guanidine groups is 1. The Morgan fingerprint density at radius 2 is 1.63 bits per heavy atom. The summed E-state index contributed by atoms with van der Waals surface area (Å²) in [5, 5.41) is 4.27. The Kier molecular flexibility index (Phi) is 14.5. The van der Waals surface area contributed by atoms with Gasteiger partial charge in [-0.25, -0.2) is 4.79 Å². The van der Waals surface area contributed by atoms with Crippen LogP contribution < -0.4 is 32.9 Å². The van der Waals surface area contributed by atoms with Gasteiger partial charge in [-0.15, -0.1) is 13.2 Å². The Labute approximate surface area is 305 Å². The summed E-state index contributed by atoms with van der Waals surface area (Å²) >= 11 is 0. The molecular weight excluding hydrogens is 669 g/mol. The number of nitrogens with two attached hydrogens (primary N) is 3. The zero-order chi connectivity index (χ0) is 38.9. The van der Waals surface area contributed by atoms with E-state index in [9.17, 15) is 18.0 Å². The molecule has 2 aromatic heterocycles. The van der Waals surface area contributed by atoms with Crippen LogP contribution in [0.4, 0.5) is 13.2 Å². The summed E-state index contributed by atoms with van der Waals surface area (Å²) in [4.78, 5) is 23.9. The summed E-state index contributed by atoms with van der Waals surface area (Å²) in [6, 6.07) is 15.0. The third-order valence-corrected chi connectivity index (χ3v) is 8.59. The van der Waals surface area contributed by atoms with Gasteiger partial charge in [0.05, 0.1) is 5.69 Å². The molecule has 0 unspecified atom stereocenters. The van der Waals surface area contributed by atoms with Crippen LogP contribution >= 0.6 is 0 Å². The number of hydrogen-bond acceptors (Lipinski definition) is 6. The van der Waals surface area contributed by atoms with E-state index < -0.39 is 6.36 Å². The van der Waals surface area contributed by atoms with Crippen LogP contribution in [0.3, 0.4) is 0 Å². The second-order valence-corrected chi connectivity index (χ2v) is 15.6. The molecule has 4 rings (SSSR count). The minimum atomic E-state index is -4.67. The molecule has 0 spiro atoms. The van der Waals surface area contributed by atoms with Gasteiger partial charge in [0.15, 0.2) is 5.96 Å². The van der Waals surface area contributed by atoms with Gasteiger partial charge < -0.3 is 32.2 Å². The van der Waals surface area contributed by atoms with Crippen LogP contribution in [0.25, 0.3) is 16.7 Å². The van der Waals surface area contributed by atoms with Crippen molar-refractivity contribution in [1.82, 2.24) is 19.9 Å². The molecule has 286 valence electrons. The Bertz CT molecular complexity index is 1810. The van der Waals surface area contributed by atoms with E-state index in [0.717, 1.165) is 65.8 Å². The van der Waals surface area contributed by atoms with Crippen LogP contribution in [0.5, 0.6) is 5.75 Å². The molecule has 0 aliphatic rings. The highest BCUT2D eigenvalue weighted by atomic mass is 19.4. The Hall–Kier alpha value is -4.36. The minimum absolute atomic E-state index is 0.0352. The Morgan fingerprint density at radius 3 is 2.21 bits per heavy atom. The van der Waals surface area contributed by atoms with E-state index in [4.69, 9.17) is 17.2 Å². The SMILES string of the molecule is CC(C)(C)c1cc2cn(-c3ccc(CNCCCN=C(N)N)cc3)c(=O)nc2[nH]1.CC(C)[C@@H](N)CCCc1cc(OC(F)(F)F)cc(C(C)(C)C)c1. The van der Waals surface area contributed by atoms with E-state index >= 15 is 0 Å². The molecule has 1 atom stereocenters. The summed E-state index contributed by atoms with van der Waals surface area (Å²) in [6.45, 7) is 18.6. The highest BCUT2D eigenvalue weighted by molar-refractivity contribution is 5.76. The lowest BCUT2D eigenvalue weighted by molar-refractivity contribution is -0.274. The van der Waals surface area contributed by atoms with Gasteiger partial charge in [-0.3, -0.25) is 9.56 Å². The van der Waals surface area contributed by atoms with Gasteiger partial charge in [-0.1, -0.05) is 73.6 Å². The third-order valence-electron chi connectivity index (χ3n) is 8.59. The zero-order valence-electron chi connectivity index (χ0n) is 31.8. The molecule has 52 heavy (non-hydrogen) atoms. The highest BCUT2D eigenvalue weighted by Crippen LogP contribution is 2.31. The molecule has 0 radical (unpaired) electrons. The number of nitrogens with one attached hydrogen (secondary N) is 2. The molecule has 0 fully saturated rings. The van der Waals surface area contributed by atoms with Crippen molar-refractivity contribution in [3.8, 4) is 11.4 Å². The molecule has 10 nitrogen and oxygen atoms in total. The monoisotopic (exact) mass is 726 g/mol. The van der Waals surface area contributed by atoms with E-state index in [1.807, 2.05) is 57.3 Å². The number of nitrogens with zero attached hydrogens (tertiary/aromatic N) is 3. The zero-order valence-corrected chi connectivity index (χ0v) is 31.8. The summed E-state index contributed by atoms with van der Waals surface area (Å²) in [7, 11) is 0. The maximum Gasteiger partial charge on any atom is 0.573 e. The first-order valence-corrected chi connectivity index (χ1v) is 17.8. The van der Waals surface area contributed by atoms with Gasteiger partial charge in [0.2, 0.25) is 0 Å². The molecule has 0 aliphatic heterocycles. The number of alkyl halides is 3. The number of halogens is 3. The summed E-state index contributed by atoms with van der Waals surface area (Å²) in [5.41, 5.74) is 21.3. The fourth-order valence-electron chi connectivity index (χ4n) is 5.31. The highest BCUT2D eigenvalue weighted by Gasteiger charge is 2.32. The largest absolute Gasteiger partial charge is 0.573 e. The molecule has 0 aliphatic carbocycles. The third kappa shape index (κ3) is 13.6. The van der Waals surface area contributed by atoms with Crippen molar-refractivity contribution in [2.45, 2.75) is 111 Å². The second-order valence-electron chi connectivity index (χ2n) is 15.6. The van der Waals surface area contributed by atoms with E-state index in [1.165, 1.54) is 12.1 Å². The number of fused-ring (bicyclic) bond motifs is 1. The number of hydrogen-bond donors (Lipinski definition) is 5. The summed E-state index contributed by atoms with van der Waals surface area (Å²) in [6.07, 6.45) is 0.426. The number of rotatable bonds is 13. The Morgan fingerprint density at radius 1 is 0.962 bits per heavy atom. The van der Waals surface area contributed by atoms with E-state index in [1.54, 1.807) is 4.57 Å². The molecule has 13 heteroatoms. The number of ether oxygens (including phenoxy) is 1. The van der Waals surface area contributed by atoms with Crippen LogP contribution in [0, 0.1) is 5.92 Å². The molecular formula is C39H57F3N8O2. The number of H-pyrrole nitrogens is 1. The number of aryl methyl sites for hydroxylation is 1. The molecule has 0 bridgehead atoms. The summed E-state index contributed by atoms with van der Waals surface area (Å²) in [5.74, 6) is 0.380. The van der Waals surface area contributed by atoms with Crippen molar-refractivity contribution < 1.29 is 17.9 Å². The fourth-order valence-corrected chi connectivity index (χ4v) is 5.31. The lowest BCUT2D eigenvalue weighted by Gasteiger charge is -2.22. The predicted molar refractivity (Wildman–Crippen MR) is 205 cm³/mol. The number of aromatic amines is 1. The molecule has 8 N–H and O–H groups in total. The molecule has 4 aromatic rings. The number of benzene rings is 2. The van der Waals surface area contributed by atoms with Gasteiger partial charge in [0.25, 0.3) is 0 Å². The van der Waals surface area contributed by atoms with Gasteiger partial charge in [-0.05, 0) is 90.6 Å². The van der Waals surface area contributed by atoms with Crippen molar-refractivity contribution in [2.24, 2.45) is 28.1 Å². The molecule has 0 saturated heterocycles. The smallest absolute Gasteiger partial charge is 0.406 e. The standard InChI is InChI=1S/C21H29N7O.C18H28F3NO/c1-21(2,3)17-11-15-13-28(20(29)27-18(15)26-17)16-7-5-14(6-8-16)12-24-9-4-10-25-19(22)23;1-12(2)16(22)8-6-7-13-9-14(17(3,4)5)11-15(10-13)23-18(19,20)21/h5-8,11,13,24H,4,9-10,12H2,1-3H3,(H4,22,23,25)(H,26,27,29);9-12,16H,6-8,22H2,1-5H3/t;16-/m.0/s1. The van der Waals surface area contributed by atoms with Crippen LogP contribution in [0.15, 0.2) is 64.5 Å². The predicted octanol–water partition coefficient (Wildman–Crippen LogP) is 6.95. The van der Waals surface area contributed by atoms with Gasteiger partial charge >= 0.3 is 12.1 Å². The molecule has 2 heterocycles. The van der Waals surface area contributed by atoms with Crippen molar-refractivity contribution in [3.05, 3.63) is 87.6 Å². The van der Waals surface area contributed by atoms with E-state index in [2.05, 4.69) is 65.7 Å². The van der Waals surface area contributed by atoms with E-state index in [0.29, 0.717) is 24.5 Å². The van der Waals surface area contributed by atoms with Crippen molar-refractivity contribution in [2.75, 3.05) is 13.1 Å². The van der Waals surface area contributed by atoms with Crippen LogP contribution in [-0.2, 0) is 23.8 Å². The molecule has 2 aromatic carbocycles. The van der Waals surface area contributed by atoms with E-state index in [-0.39, 0.29) is 34.3 Å². The van der Waals surface area contributed by atoms with Crippen LogP contribution in [-0.4, -0.2) is 46.0 Å². The first kappa shape index (κ1) is 42.1. The van der Waals surface area contributed by atoms with Crippen LogP contribution in [0.2, 0.25) is 0 Å². The quantitative estimate of drug-likeness (QED) is 0.0566. The maximum atomic E-state index is 12.5. The molecule has 0 amide bonds. The van der Waals surface area contributed by atoms with Crippen LogP contribution in [0.1, 0.15) is 97.0 Å². The van der Waals surface area contributed by atoms with Gasteiger partial charge in [-0.2, -0.15) is 4.98 Å². The summed E-state index contributed by atoms with van der Waals surface area (Å²) < 4.78 is 43.2. The minimum Gasteiger partial charge on any atom is -0.406 e. The first-order valence-electron chi connectivity index (χ1n) is 17.8. The normalized spacial score (nSPS) is 12.8. The van der Waals surface area contributed by atoms with Crippen molar-refractivity contribution in [3.63, 3.8) is 0 Å². The lowest BCUT2D eigenvalue weighted by Crippen LogP contribution is -2.26. The second kappa shape index (κ2) is 17.9. The average molecular weight is 727 g/mol. The van der Waals surface area contributed by atoms with Crippen molar-refractivity contribution in [1.29, 1.82) is 0 Å². The van der Waals surface area contributed by atoms with Crippen molar-refractivity contribution >= 4 is 17.0 Å². The lowest BCUT2D eigenvalue weighted by atomic mass is 9.85. The topological polar surface area (TPSA) is 162 Å². The average Bonchev–Trinajstić information content (AvgIpc) is 3.45. The fraction of sp³-hybridized carbons (Fsp3) is 0.513. The maximum absolute atomic E-state index is 12.5. The molecule has 0 saturated carbocycles.